The number of hydrogen-bond donors (Lipinski definition) is 1. The largest absolute Gasteiger partial charge is 0.396 e. The molecule has 2 nitrogen and oxygen atoms in total. The van der Waals surface area contributed by atoms with E-state index >= 15 is 0 Å². The predicted molar refractivity (Wildman–Crippen MR) is 46.5 cm³/mol. The highest BCUT2D eigenvalue weighted by molar-refractivity contribution is 4.76. The van der Waals surface area contributed by atoms with E-state index in [4.69, 9.17) is 5.11 Å². The number of aliphatic hydroxyl groups excluding tert-OH is 1. The number of nitrogens with zero attached hydrogens (tertiary/aromatic N) is 1. The summed E-state index contributed by atoms with van der Waals surface area (Å²) < 4.78 is 0. The van der Waals surface area contributed by atoms with Crippen LogP contribution in [0.1, 0.15) is 19.8 Å². The molecule has 1 aliphatic carbocycles. The van der Waals surface area contributed by atoms with Crippen LogP contribution >= 0.6 is 0 Å². The molecule has 1 saturated carbocycles. The molecule has 0 aromatic heterocycles. The molecule has 1 unspecified atom stereocenters. The average Bonchev–Trinajstić information content (AvgIpc) is 2.71. The fourth-order valence-corrected chi connectivity index (χ4v) is 1.41. The summed E-state index contributed by atoms with van der Waals surface area (Å²) in [6, 6.07) is 0. The van der Waals surface area contributed by atoms with Gasteiger partial charge in [-0.1, -0.05) is 6.92 Å². The lowest BCUT2D eigenvalue weighted by molar-refractivity contribution is 0.188. The minimum atomic E-state index is 0.314. The van der Waals surface area contributed by atoms with Crippen LogP contribution in [0.3, 0.4) is 0 Å². The van der Waals surface area contributed by atoms with E-state index in [2.05, 4.69) is 18.9 Å². The molecular weight excluding hydrogens is 138 g/mol. The predicted octanol–water partition coefficient (Wildman–Crippen LogP) is 0.957. The molecule has 2 heteroatoms. The second-order valence-corrected chi connectivity index (χ2v) is 3.95. The van der Waals surface area contributed by atoms with E-state index in [0.717, 1.165) is 12.5 Å². The van der Waals surface area contributed by atoms with Gasteiger partial charge in [-0.05, 0) is 31.7 Å². The van der Waals surface area contributed by atoms with Crippen LogP contribution in [0.25, 0.3) is 0 Å². The van der Waals surface area contributed by atoms with Gasteiger partial charge in [-0.2, -0.15) is 0 Å². The smallest absolute Gasteiger partial charge is 0.0468 e. The maximum atomic E-state index is 8.81. The van der Waals surface area contributed by atoms with Gasteiger partial charge in [0.25, 0.3) is 0 Å². The third kappa shape index (κ3) is 3.73. The van der Waals surface area contributed by atoms with Crippen molar-refractivity contribution >= 4 is 0 Å². The van der Waals surface area contributed by atoms with Gasteiger partial charge in [0.2, 0.25) is 0 Å². The lowest BCUT2D eigenvalue weighted by Crippen LogP contribution is -2.27. The van der Waals surface area contributed by atoms with Crippen LogP contribution < -0.4 is 0 Å². The highest BCUT2D eigenvalue weighted by atomic mass is 16.3. The molecule has 0 spiro atoms. The van der Waals surface area contributed by atoms with Crippen LogP contribution in [-0.4, -0.2) is 36.8 Å². The highest BCUT2D eigenvalue weighted by Crippen LogP contribution is 2.29. The summed E-state index contributed by atoms with van der Waals surface area (Å²) in [5.41, 5.74) is 0. The van der Waals surface area contributed by atoms with Crippen LogP contribution in [0.15, 0.2) is 0 Å². The van der Waals surface area contributed by atoms with Crippen LogP contribution in [0, 0.1) is 11.8 Å². The zero-order valence-corrected chi connectivity index (χ0v) is 7.58. The fraction of sp³-hybridized carbons (Fsp3) is 1.00. The van der Waals surface area contributed by atoms with E-state index in [9.17, 15) is 0 Å². The van der Waals surface area contributed by atoms with Gasteiger partial charge in [0.1, 0.15) is 0 Å². The van der Waals surface area contributed by atoms with Gasteiger partial charge in [-0.15, -0.1) is 0 Å². The Bertz CT molecular complexity index is 112. The minimum absolute atomic E-state index is 0.314. The molecule has 66 valence electrons. The average molecular weight is 157 g/mol. The second-order valence-electron chi connectivity index (χ2n) is 3.95. The van der Waals surface area contributed by atoms with E-state index in [0.29, 0.717) is 12.5 Å². The maximum absolute atomic E-state index is 8.81. The van der Waals surface area contributed by atoms with Gasteiger partial charge in [0, 0.05) is 19.7 Å². The topological polar surface area (TPSA) is 23.5 Å². The van der Waals surface area contributed by atoms with E-state index in [-0.39, 0.29) is 0 Å². The summed E-state index contributed by atoms with van der Waals surface area (Å²) in [6.07, 6.45) is 2.83. The fourth-order valence-electron chi connectivity index (χ4n) is 1.41. The molecule has 0 aromatic rings. The first-order chi connectivity index (χ1) is 5.22. The Morgan fingerprint density at radius 1 is 1.55 bits per heavy atom. The maximum Gasteiger partial charge on any atom is 0.0468 e. The summed E-state index contributed by atoms with van der Waals surface area (Å²) in [6.45, 7) is 4.66. The van der Waals surface area contributed by atoms with Gasteiger partial charge >= 0.3 is 0 Å². The zero-order chi connectivity index (χ0) is 8.27. The number of rotatable bonds is 5. The van der Waals surface area contributed by atoms with Crippen molar-refractivity contribution in [3.63, 3.8) is 0 Å². The van der Waals surface area contributed by atoms with Crippen molar-refractivity contribution < 1.29 is 5.11 Å². The van der Waals surface area contributed by atoms with E-state index in [1.807, 2.05) is 0 Å². The van der Waals surface area contributed by atoms with Crippen LogP contribution in [0.4, 0.5) is 0 Å². The normalized spacial score (nSPS) is 20.7. The molecule has 0 heterocycles. The van der Waals surface area contributed by atoms with Crippen molar-refractivity contribution in [3.05, 3.63) is 0 Å². The Kier molecular flexibility index (Phi) is 3.34. The molecule has 0 aliphatic heterocycles. The first-order valence-corrected chi connectivity index (χ1v) is 4.51. The van der Waals surface area contributed by atoms with Crippen molar-refractivity contribution in [1.82, 2.24) is 4.90 Å². The molecule has 1 atom stereocenters. The van der Waals surface area contributed by atoms with Gasteiger partial charge in [0.15, 0.2) is 0 Å². The summed E-state index contributed by atoms with van der Waals surface area (Å²) >= 11 is 0. The molecule has 0 bridgehead atoms. The molecule has 1 N–H and O–H groups in total. The quantitative estimate of drug-likeness (QED) is 0.642. The van der Waals surface area contributed by atoms with E-state index in [1.54, 1.807) is 0 Å². The van der Waals surface area contributed by atoms with E-state index < -0.39 is 0 Å². The van der Waals surface area contributed by atoms with Gasteiger partial charge in [0.05, 0.1) is 0 Å². The standard InChI is InChI=1S/C9H19NO/c1-8(7-11)5-10(2)6-9-3-4-9/h8-9,11H,3-7H2,1-2H3. The third-order valence-electron chi connectivity index (χ3n) is 2.20. The van der Waals surface area contributed by atoms with Gasteiger partial charge < -0.3 is 10.0 Å². The first kappa shape index (κ1) is 9.01. The zero-order valence-electron chi connectivity index (χ0n) is 7.58. The Hall–Kier alpha value is -0.0800. The number of aliphatic hydroxyl groups is 1. The number of hydrogen-bond acceptors (Lipinski definition) is 2. The minimum Gasteiger partial charge on any atom is -0.396 e. The molecule has 0 saturated heterocycles. The molecule has 11 heavy (non-hydrogen) atoms. The summed E-state index contributed by atoms with van der Waals surface area (Å²) in [7, 11) is 2.14. The Morgan fingerprint density at radius 2 is 2.18 bits per heavy atom. The van der Waals surface area contributed by atoms with Gasteiger partial charge in [-0.3, -0.25) is 0 Å². The molecule has 0 aromatic carbocycles. The van der Waals surface area contributed by atoms with Crippen molar-refractivity contribution in [1.29, 1.82) is 0 Å². The summed E-state index contributed by atoms with van der Waals surface area (Å²) in [5.74, 6) is 1.39. The Morgan fingerprint density at radius 3 is 2.64 bits per heavy atom. The summed E-state index contributed by atoms with van der Waals surface area (Å²) in [4.78, 5) is 2.33. The van der Waals surface area contributed by atoms with Crippen molar-refractivity contribution in [2.75, 3.05) is 26.7 Å². The Balaban J connectivity index is 2.03. The molecule has 1 aliphatic rings. The lowest BCUT2D eigenvalue weighted by atomic mass is 10.2. The highest BCUT2D eigenvalue weighted by Gasteiger charge is 2.22. The van der Waals surface area contributed by atoms with Crippen LogP contribution in [0.5, 0.6) is 0 Å². The molecule has 0 amide bonds. The monoisotopic (exact) mass is 157 g/mol. The molecule has 1 rings (SSSR count). The molecule has 0 radical (unpaired) electrons. The lowest BCUT2D eigenvalue weighted by Gasteiger charge is -2.19. The first-order valence-electron chi connectivity index (χ1n) is 4.51. The van der Waals surface area contributed by atoms with Crippen LogP contribution in [0.2, 0.25) is 0 Å². The SMILES string of the molecule is CC(CO)CN(C)CC1CC1. The molecule has 1 fully saturated rings. The van der Waals surface area contributed by atoms with Crippen LogP contribution in [-0.2, 0) is 0 Å². The molecular formula is C9H19NO. The third-order valence-corrected chi connectivity index (χ3v) is 2.20. The second kappa shape index (κ2) is 4.07. The van der Waals surface area contributed by atoms with Crippen molar-refractivity contribution in [2.45, 2.75) is 19.8 Å². The van der Waals surface area contributed by atoms with Crippen molar-refractivity contribution in [2.24, 2.45) is 11.8 Å². The summed E-state index contributed by atoms with van der Waals surface area (Å²) in [5, 5.41) is 8.81. The van der Waals surface area contributed by atoms with E-state index in [1.165, 1.54) is 19.4 Å². The Labute approximate surface area is 69.2 Å². The van der Waals surface area contributed by atoms with Gasteiger partial charge in [-0.25, -0.2) is 0 Å². The van der Waals surface area contributed by atoms with Crippen molar-refractivity contribution in [3.8, 4) is 0 Å².